The number of aliphatic carboxylic acids is 1. The molecule has 4 rings (SSSR count). The molecular formula is C23H20ClFN2O4. The van der Waals surface area contributed by atoms with Gasteiger partial charge in [0, 0.05) is 11.6 Å². The number of nitriles is 1. The topological polar surface area (TPSA) is 90.6 Å². The van der Waals surface area contributed by atoms with Gasteiger partial charge in [-0.05, 0) is 60.2 Å². The van der Waals surface area contributed by atoms with Crippen LogP contribution in [0.15, 0.2) is 42.5 Å². The second kappa shape index (κ2) is 8.66. The molecule has 0 aromatic heterocycles. The molecule has 0 spiro atoms. The van der Waals surface area contributed by atoms with Gasteiger partial charge in [0.15, 0.2) is 0 Å². The number of amides is 1. The average molecular weight is 443 g/mol. The van der Waals surface area contributed by atoms with Crippen LogP contribution in [0.1, 0.15) is 48.1 Å². The third kappa shape index (κ3) is 4.71. The zero-order valence-corrected chi connectivity index (χ0v) is 17.3. The van der Waals surface area contributed by atoms with Crippen LogP contribution in [0.4, 0.5) is 4.39 Å². The lowest BCUT2D eigenvalue weighted by Gasteiger charge is -2.45. The van der Waals surface area contributed by atoms with E-state index in [1.165, 1.54) is 12.1 Å². The normalized spacial score (nSPS) is 23.5. The lowest BCUT2D eigenvalue weighted by atomic mass is 9.90. The minimum absolute atomic E-state index is 0.119. The third-order valence-electron chi connectivity index (χ3n) is 5.59. The number of hydrogen-bond donors (Lipinski definition) is 1. The molecule has 2 aliphatic rings. The van der Waals surface area contributed by atoms with E-state index in [2.05, 4.69) is 0 Å². The summed E-state index contributed by atoms with van der Waals surface area (Å²) in [6, 6.07) is 12.2. The van der Waals surface area contributed by atoms with Crippen LogP contribution in [-0.4, -0.2) is 34.5 Å². The van der Waals surface area contributed by atoms with Crippen LogP contribution in [0.25, 0.3) is 0 Å². The third-order valence-corrected chi connectivity index (χ3v) is 5.85. The lowest BCUT2D eigenvalue weighted by molar-refractivity contribution is -0.179. The molecule has 8 heteroatoms. The van der Waals surface area contributed by atoms with Crippen molar-refractivity contribution in [3.63, 3.8) is 0 Å². The highest BCUT2D eigenvalue weighted by atomic mass is 35.5. The molecule has 0 bridgehead atoms. The number of morpholine rings is 1. The number of carbonyl (C=O) groups excluding carboxylic acids is 1. The Morgan fingerprint density at radius 3 is 2.55 bits per heavy atom. The smallest absolute Gasteiger partial charge is 0.306 e. The van der Waals surface area contributed by atoms with Gasteiger partial charge in [0.05, 0.1) is 24.1 Å². The van der Waals surface area contributed by atoms with Gasteiger partial charge in [0.1, 0.15) is 18.0 Å². The number of nitrogens with zero attached hydrogens (tertiary/aromatic N) is 2. The molecule has 1 N–H and O–H groups in total. The van der Waals surface area contributed by atoms with Gasteiger partial charge in [-0.1, -0.05) is 23.7 Å². The van der Waals surface area contributed by atoms with Crippen molar-refractivity contribution in [1.29, 1.82) is 5.26 Å². The molecule has 160 valence electrons. The molecule has 2 fully saturated rings. The summed E-state index contributed by atoms with van der Waals surface area (Å²) in [6.07, 6.45) is -0.553. The van der Waals surface area contributed by atoms with Crippen molar-refractivity contribution < 1.29 is 23.8 Å². The van der Waals surface area contributed by atoms with Crippen molar-refractivity contribution in [3.8, 4) is 6.07 Å². The number of halogens is 2. The van der Waals surface area contributed by atoms with Crippen molar-refractivity contribution in [2.45, 2.75) is 37.5 Å². The summed E-state index contributed by atoms with van der Waals surface area (Å²) in [6.45, 7) is 0.461. The summed E-state index contributed by atoms with van der Waals surface area (Å²) in [5, 5.41) is 19.1. The van der Waals surface area contributed by atoms with E-state index >= 15 is 0 Å². The van der Waals surface area contributed by atoms with Gasteiger partial charge >= 0.3 is 5.97 Å². The standard InChI is InChI=1S/C23H20ClFN2O4/c24-17-5-3-15(4-6-17)21-22(16-7-14(11-26)8-18(25)9-16)31-19(10-20(28)29)23(30)27(21)12-13-1-2-13/h3-9,13,19,21-22H,1-2,10,12H2,(H,28,29)/t19-,21+,22+/m0/s1. The second-order valence-electron chi connectivity index (χ2n) is 7.96. The highest BCUT2D eigenvalue weighted by Gasteiger charge is 2.46. The summed E-state index contributed by atoms with van der Waals surface area (Å²) < 4.78 is 20.3. The highest BCUT2D eigenvalue weighted by Crippen LogP contribution is 2.45. The van der Waals surface area contributed by atoms with Gasteiger partial charge in [0.25, 0.3) is 5.91 Å². The van der Waals surface area contributed by atoms with Crippen LogP contribution >= 0.6 is 11.6 Å². The highest BCUT2D eigenvalue weighted by molar-refractivity contribution is 6.30. The van der Waals surface area contributed by atoms with E-state index in [1.807, 2.05) is 6.07 Å². The maximum absolute atomic E-state index is 14.3. The number of carboxylic acids is 1. The van der Waals surface area contributed by atoms with Gasteiger partial charge in [-0.2, -0.15) is 5.26 Å². The SMILES string of the molecule is N#Cc1cc(F)cc([C@H]2O[C@@H](CC(=O)O)C(=O)N(CC3CC3)[C@@H]2c2ccc(Cl)cc2)c1. The Labute approximate surface area is 183 Å². The number of carboxylic acid groups (broad SMARTS) is 1. The van der Waals surface area contributed by atoms with Crippen molar-refractivity contribution in [1.82, 2.24) is 4.90 Å². The van der Waals surface area contributed by atoms with Gasteiger partial charge in [0.2, 0.25) is 0 Å². The number of carbonyl (C=O) groups is 2. The first-order valence-electron chi connectivity index (χ1n) is 9.99. The molecule has 1 heterocycles. The first kappa shape index (κ1) is 21.3. The molecule has 1 saturated heterocycles. The molecule has 1 aliphatic heterocycles. The van der Waals surface area contributed by atoms with E-state index in [-0.39, 0.29) is 5.56 Å². The molecular weight excluding hydrogens is 423 g/mol. The van der Waals surface area contributed by atoms with Gasteiger partial charge in [-0.25, -0.2) is 4.39 Å². The minimum atomic E-state index is -1.20. The fraction of sp³-hybridized carbons (Fsp3) is 0.348. The van der Waals surface area contributed by atoms with E-state index in [4.69, 9.17) is 16.3 Å². The first-order chi connectivity index (χ1) is 14.9. The van der Waals surface area contributed by atoms with E-state index in [9.17, 15) is 24.3 Å². The largest absolute Gasteiger partial charge is 0.481 e. The minimum Gasteiger partial charge on any atom is -0.481 e. The second-order valence-corrected chi connectivity index (χ2v) is 8.40. The Balaban J connectivity index is 1.82. The lowest BCUT2D eigenvalue weighted by Crippen LogP contribution is -2.52. The molecule has 2 aromatic carbocycles. The number of ether oxygens (including phenoxy) is 1. The molecule has 1 saturated carbocycles. The summed E-state index contributed by atoms with van der Waals surface area (Å²) in [5.41, 5.74) is 1.23. The molecule has 2 aromatic rings. The van der Waals surface area contributed by atoms with Gasteiger partial charge < -0.3 is 14.7 Å². The van der Waals surface area contributed by atoms with E-state index in [0.717, 1.165) is 24.5 Å². The van der Waals surface area contributed by atoms with Crippen LogP contribution in [0.5, 0.6) is 0 Å². The summed E-state index contributed by atoms with van der Waals surface area (Å²) in [5.74, 6) is -1.83. The fourth-order valence-corrected chi connectivity index (χ4v) is 4.11. The van der Waals surface area contributed by atoms with Crippen LogP contribution in [0.3, 0.4) is 0 Å². The predicted molar refractivity (Wildman–Crippen MR) is 110 cm³/mol. The van der Waals surface area contributed by atoms with Crippen LogP contribution in [-0.2, 0) is 14.3 Å². The van der Waals surface area contributed by atoms with Gasteiger partial charge in [-0.15, -0.1) is 0 Å². The molecule has 0 radical (unpaired) electrons. The molecule has 6 nitrogen and oxygen atoms in total. The maximum atomic E-state index is 14.3. The van der Waals surface area contributed by atoms with E-state index in [0.29, 0.717) is 23.0 Å². The number of hydrogen-bond acceptors (Lipinski definition) is 4. The Morgan fingerprint density at radius 2 is 1.94 bits per heavy atom. The van der Waals surface area contributed by atoms with Crippen LogP contribution in [0.2, 0.25) is 5.02 Å². The zero-order valence-electron chi connectivity index (χ0n) is 16.5. The predicted octanol–water partition coefficient (Wildman–Crippen LogP) is 4.25. The first-order valence-corrected chi connectivity index (χ1v) is 10.4. The Kier molecular flexibility index (Phi) is 5.94. The van der Waals surface area contributed by atoms with Crippen LogP contribution in [0, 0.1) is 23.1 Å². The molecule has 31 heavy (non-hydrogen) atoms. The number of benzene rings is 2. The van der Waals surface area contributed by atoms with Crippen molar-refractivity contribution in [2.24, 2.45) is 5.92 Å². The Morgan fingerprint density at radius 1 is 1.23 bits per heavy atom. The monoisotopic (exact) mass is 442 g/mol. The average Bonchev–Trinajstić information content (AvgIpc) is 3.55. The van der Waals surface area contributed by atoms with Crippen molar-refractivity contribution in [3.05, 3.63) is 70.0 Å². The molecule has 0 unspecified atom stereocenters. The summed E-state index contributed by atoms with van der Waals surface area (Å²) >= 11 is 6.04. The van der Waals surface area contributed by atoms with Gasteiger partial charge in [-0.3, -0.25) is 9.59 Å². The maximum Gasteiger partial charge on any atom is 0.306 e. The molecule has 3 atom stereocenters. The van der Waals surface area contributed by atoms with Crippen LogP contribution < -0.4 is 0 Å². The summed E-state index contributed by atoms with van der Waals surface area (Å²) in [4.78, 5) is 26.3. The van der Waals surface area contributed by atoms with Crippen molar-refractivity contribution in [2.75, 3.05) is 6.54 Å². The molecule has 1 amide bonds. The molecule has 1 aliphatic carbocycles. The fourth-order valence-electron chi connectivity index (χ4n) is 3.99. The Bertz CT molecular complexity index is 1050. The van der Waals surface area contributed by atoms with Crippen molar-refractivity contribution >= 4 is 23.5 Å². The summed E-state index contributed by atoms with van der Waals surface area (Å²) in [7, 11) is 0. The zero-order chi connectivity index (χ0) is 22.1. The quantitative estimate of drug-likeness (QED) is 0.722. The van der Waals surface area contributed by atoms with E-state index in [1.54, 1.807) is 29.2 Å². The van der Waals surface area contributed by atoms with E-state index < -0.39 is 42.4 Å². The number of rotatable bonds is 6. The Hall–Kier alpha value is -2.95.